The maximum Gasteiger partial charge on any atom is 0.309 e. The van der Waals surface area contributed by atoms with Crippen LogP contribution < -0.4 is 5.32 Å². The number of esters is 1. The summed E-state index contributed by atoms with van der Waals surface area (Å²) in [5, 5.41) is 7.45. The van der Waals surface area contributed by atoms with Crippen molar-refractivity contribution in [2.45, 2.75) is 13.3 Å². The number of hydrogen-bond donors (Lipinski definition) is 1. The first-order valence-electron chi connectivity index (χ1n) is 9.29. The molecule has 1 aliphatic rings. The van der Waals surface area contributed by atoms with Gasteiger partial charge in [0.15, 0.2) is 6.61 Å². The van der Waals surface area contributed by atoms with Crippen LogP contribution in [0.2, 0.25) is 0 Å². The summed E-state index contributed by atoms with van der Waals surface area (Å²) in [7, 11) is 0. The monoisotopic (exact) mass is 375 g/mol. The number of nitrogens with one attached hydrogen (secondary N) is 1. The van der Waals surface area contributed by atoms with Gasteiger partial charge in [0.2, 0.25) is 0 Å². The van der Waals surface area contributed by atoms with Crippen LogP contribution in [-0.4, -0.2) is 28.3 Å². The van der Waals surface area contributed by atoms with Crippen LogP contribution in [0.4, 0.5) is 5.82 Å². The number of rotatable bonds is 6. The number of nitrogens with zero attached hydrogens (tertiary/aromatic N) is 2. The quantitative estimate of drug-likeness (QED) is 0.667. The zero-order valence-electron chi connectivity index (χ0n) is 15.5. The van der Waals surface area contributed by atoms with Gasteiger partial charge in [-0.25, -0.2) is 4.68 Å². The van der Waals surface area contributed by atoms with Crippen molar-refractivity contribution >= 4 is 17.7 Å². The third-order valence-corrected chi connectivity index (χ3v) is 4.80. The molecule has 1 heterocycles. The smallest absolute Gasteiger partial charge is 0.309 e. The normalized spacial score (nSPS) is 17.8. The summed E-state index contributed by atoms with van der Waals surface area (Å²) in [6, 6.07) is 21.1. The van der Waals surface area contributed by atoms with E-state index in [-0.39, 0.29) is 18.5 Å². The molecular formula is C22H21N3O3. The number of carbonyl (C=O) groups excluding carboxylic acids is 2. The number of amides is 1. The summed E-state index contributed by atoms with van der Waals surface area (Å²) >= 11 is 0. The Kier molecular flexibility index (Phi) is 4.93. The highest BCUT2D eigenvalue weighted by Gasteiger charge is 2.40. The first-order chi connectivity index (χ1) is 13.6. The van der Waals surface area contributed by atoms with Crippen molar-refractivity contribution in [1.29, 1.82) is 0 Å². The first-order valence-corrected chi connectivity index (χ1v) is 9.29. The molecule has 0 aliphatic heterocycles. The van der Waals surface area contributed by atoms with Gasteiger partial charge in [-0.2, -0.15) is 5.10 Å². The zero-order valence-corrected chi connectivity index (χ0v) is 15.5. The highest BCUT2D eigenvalue weighted by molar-refractivity contribution is 5.93. The van der Waals surface area contributed by atoms with Crippen LogP contribution in [0.5, 0.6) is 0 Å². The Morgan fingerprint density at radius 2 is 1.75 bits per heavy atom. The SMILES string of the molecule is C[C@H]1C[C@@H]1C(=O)OCC(=O)Nc1cc(-c2ccccc2)nn1-c1ccccc1. The lowest BCUT2D eigenvalue weighted by Crippen LogP contribution is -2.23. The lowest BCUT2D eigenvalue weighted by Gasteiger charge is -2.09. The summed E-state index contributed by atoms with van der Waals surface area (Å²) in [5.41, 5.74) is 2.51. The third-order valence-electron chi connectivity index (χ3n) is 4.80. The molecule has 1 N–H and O–H groups in total. The minimum absolute atomic E-state index is 0.0627. The van der Waals surface area contributed by atoms with E-state index in [2.05, 4.69) is 10.4 Å². The summed E-state index contributed by atoms with van der Waals surface area (Å²) in [5.74, 6) is 0.115. The summed E-state index contributed by atoms with van der Waals surface area (Å²) in [4.78, 5) is 24.2. The molecule has 0 unspecified atom stereocenters. The maximum absolute atomic E-state index is 12.3. The molecule has 1 aromatic heterocycles. The Hall–Kier alpha value is -3.41. The predicted molar refractivity (Wildman–Crippen MR) is 106 cm³/mol. The van der Waals surface area contributed by atoms with E-state index in [9.17, 15) is 9.59 Å². The van der Waals surface area contributed by atoms with Crippen molar-refractivity contribution < 1.29 is 14.3 Å². The van der Waals surface area contributed by atoms with Gasteiger partial charge in [-0.15, -0.1) is 0 Å². The number of anilines is 1. The lowest BCUT2D eigenvalue weighted by molar-refractivity contribution is -0.148. The molecule has 1 aliphatic carbocycles. The molecule has 4 rings (SSSR count). The van der Waals surface area contributed by atoms with Gasteiger partial charge < -0.3 is 10.1 Å². The number of hydrogen-bond acceptors (Lipinski definition) is 4. The largest absolute Gasteiger partial charge is 0.455 e. The average Bonchev–Trinajstić information content (AvgIpc) is 3.32. The molecule has 1 amide bonds. The molecule has 0 saturated heterocycles. The fourth-order valence-corrected chi connectivity index (χ4v) is 3.06. The lowest BCUT2D eigenvalue weighted by atomic mass is 10.2. The second kappa shape index (κ2) is 7.68. The molecule has 6 nitrogen and oxygen atoms in total. The number of para-hydroxylation sites is 1. The van der Waals surface area contributed by atoms with Crippen LogP contribution in [-0.2, 0) is 14.3 Å². The molecule has 0 radical (unpaired) electrons. The standard InChI is InChI=1S/C22H21N3O3/c1-15-12-18(15)22(27)28-14-21(26)23-20-13-19(16-8-4-2-5-9-16)24-25(20)17-10-6-3-7-11-17/h2-11,13,15,18H,12,14H2,1H3,(H,23,26)/t15-,18-/m0/s1. The van der Waals surface area contributed by atoms with E-state index in [1.807, 2.05) is 73.7 Å². The maximum atomic E-state index is 12.3. The molecule has 28 heavy (non-hydrogen) atoms. The van der Waals surface area contributed by atoms with Crippen LogP contribution in [0.15, 0.2) is 66.7 Å². The van der Waals surface area contributed by atoms with E-state index in [1.165, 1.54) is 0 Å². The minimum Gasteiger partial charge on any atom is -0.455 e. The topological polar surface area (TPSA) is 73.2 Å². The molecule has 1 saturated carbocycles. The number of carbonyl (C=O) groups is 2. The second-order valence-corrected chi connectivity index (χ2v) is 7.00. The molecular weight excluding hydrogens is 354 g/mol. The Morgan fingerprint density at radius 1 is 1.11 bits per heavy atom. The first kappa shape index (κ1) is 18.0. The summed E-state index contributed by atoms with van der Waals surface area (Å²) < 4.78 is 6.80. The van der Waals surface area contributed by atoms with Crippen molar-refractivity contribution in [3.8, 4) is 16.9 Å². The molecule has 1 fully saturated rings. The molecule has 2 aromatic carbocycles. The molecule has 142 valence electrons. The molecule has 3 aromatic rings. The van der Waals surface area contributed by atoms with Crippen LogP contribution in [0.3, 0.4) is 0 Å². The van der Waals surface area contributed by atoms with Crippen LogP contribution in [0.25, 0.3) is 16.9 Å². The predicted octanol–water partition coefficient (Wildman–Crippen LogP) is 3.68. The summed E-state index contributed by atoms with van der Waals surface area (Å²) in [6.45, 7) is 1.69. The van der Waals surface area contributed by atoms with Crippen molar-refractivity contribution in [3.63, 3.8) is 0 Å². The van der Waals surface area contributed by atoms with Crippen molar-refractivity contribution in [2.24, 2.45) is 11.8 Å². The second-order valence-electron chi connectivity index (χ2n) is 7.00. The van der Waals surface area contributed by atoms with Gasteiger partial charge in [0.05, 0.1) is 17.3 Å². The minimum atomic E-state index is -0.390. The van der Waals surface area contributed by atoms with Crippen LogP contribution >= 0.6 is 0 Å². The summed E-state index contributed by atoms with van der Waals surface area (Å²) in [6.07, 6.45) is 0.835. The van der Waals surface area contributed by atoms with E-state index in [0.717, 1.165) is 23.4 Å². The van der Waals surface area contributed by atoms with Gasteiger partial charge >= 0.3 is 5.97 Å². The van der Waals surface area contributed by atoms with E-state index in [1.54, 1.807) is 4.68 Å². The van der Waals surface area contributed by atoms with Gasteiger partial charge in [0.1, 0.15) is 5.82 Å². The van der Waals surface area contributed by atoms with Crippen molar-refractivity contribution in [1.82, 2.24) is 9.78 Å². The molecule has 0 bridgehead atoms. The fourth-order valence-electron chi connectivity index (χ4n) is 3.06. The number of ether oxygens (including phenoxy) is 1. The Morgan fingerprint density at radius 3 is 2.39 bits per heavy atom. The van der Waals surface area contributed by atoms with Gasteiger partial charge in [-0.3, -0.25) is 9.59 Å². The number of benzene rings is 2. The van der Waals surface area contributed by atoms with E-state index in [4.69, 9.17) is 4.74 Å². The van der Waals surface area contributed by atoms with Gasteiger partial charge in [0.25, 0.3) is 5.91 Å². The Bertz CT molecular complexity index is 983. The third kappa shape index (κ3) is 3.96. The fraction of sp³-hybridized carbons (Fsp3) is 0.227. The van der Waals surface area contributed by atoms with Gasteiger partial charge in [-0.1, -0.05) is 55.5 Å². The Labute approximate surface area is 163 Å². The molecule has 0 spiro atoms. The van der Waals surface area contributed by atoms with E-state index >= 15 is 0 Å². The average molecular weight is 375 g/mol. The zero-order chi connectivity index (χ0) is 19.5. The van der Waals surface area contributed by atoms with Crippen LogP contribution in [0, 0.1) is 11.8 Å². The Balaban J connectivity index is 1.54. The molecule has 2 atom stereocenters. The van der Waals surface area contributed by atoms with Crippen molar-refractivity contribution in [2.75, 3.05) is 11.9 Å². The highest BCUT2D eigenvalue weighted by Crippen LogP contribution is 2.38. The van der Waals surface area contributed by atoms with E-state index < -0.39 is 5.91 Å². The van der Waals surface area contributed by atoms with Crippen molar-refractivity contribution in [3.05, 3.63) is 66.7 Å². The van der Waals surface area contributed by atoms with Gasteiger partial charge in [-0.05, 0) is 24.5 Å². The van der Waals surface area contributed by atoms with E-state index in [0.29, 0.717) is 11.7 Å². The van der Waals surface area contributed by atoms with Crippen LogP contribution in [0.1, 0.15) is 13.3 Å². The highest BCUT2D eigenvalue weighted by atomic mass is 16.5. The number of aromatic nitrogens is 2. The molecule has 6 heteroatoms. The van der Waals surface area contributed by atoms with Gasteiger partial charge in [0, 0.05) is 11.6 Å².